The molecule has 118 valence electrons. The molecule has 0 aromatic carbocycles. The number of nitrogens with zero attached hydrogens (tertiary/aromatic N) is 1. The highest BCUT2D eigenvalue weighted by Gasteiger charge is 2.15. The van der Waals surface area contributed by atoms with E-state index in [4.69, 9.17) is 4.74 Å². The summed E-state index contributed by atoms with van der Waals surface area (Å²) >= 11 is 0. The zero-order chi connectivity index (χ0) is 15.1. The molecule has 1 saturated carbocycles. The zero-order valence-corrected chi connectivity index (χ0v) is 13.8. The Kier molecular flexibility index (Phi) is 6.50. The number of hydrogen-bond donors (Lipinski definition) is 1. The molecule has 0 radical (unpaired) electrons. The molecule has 1 fully saturated rings. The Balaban J connectivity index is 2.00. The van der Waals surface area contributed by atoms with Crippen LogP contribution >= 0.6 is 0 Å². The summed E-state index contributed by atoms with van der Waals surface area (Å²) in [5.41, 5.74) is 2.40. The fourth-order valence-electron chi connectivity index (χ4n) is 2.88. The third-order valence-electron chi connectivity index (χ3n) is 4.24. The minimum absolute atomic E-state index is 0.434. The largest absolute Gasteiger partial charge is 0.477 e. The van der Waals surface area contributed by atoms with Crippen molar-refractivity contribution >= 4 is 0 Å². The first-order chi connectivity index (χ1) is 10.2. The monoisotopic (exact) mass is 290 g/mol. The van der Waals surface area contributed by atoms with Crippen LogP contribution in [0.1, 0.15) is 70.1 Å². The van der Waals surface area contributed by atoms with E-state index in [9.17, 15) is 0 Å². The minimum Gasteiger partial charge on any atom is -0.477 e. The lowest BCUT2D eigenvalue weighted by molar-refractivity contribution is 0.202. The van der Waals surface area contributed by atoms with Crippen molar-refractivity contribution in [1.82, 2.24) is 10.3 Å². The predicted octanol–water partition coefficient (Wildman–Crippen LogP) is 4.27. The first-order valence-corrected chi connectivity index (χ1v) is 8.53. The fourth-order valence-corrected chi connectivity index (χ4v) is 2.88. The molecule has 1 heterocycles. The van der Waals surface area contributed by atoms with Gasteiger partial charge in [0.1, 0.15) is 0 Å². The van der Waals surface area contributed by atoms with Crippen LogP contribution in [-0.2, 0) is 6.54 Å². The second kappa shape index (κ2) is 8.38. The maximum Gasteiger partial charge on any atom is 0.213 e. The van der Waals surface area contributed by atoms with Crippen molar-refractivity contribution in [3.63, 3.8) is 0 Å². The van der Waals surface area contributed by atoms with E-state index in [-0.39, 0.29) is 0 Å². The van der Waals surface area contributed by atoms with Gasteiger partial charge in [-0.05, 0) is 42.9 Å². The molecule has 3 nitrogen and oxygen atoms in total. The quantitative estimate of drug-likeness (QED) is 0.814. The van der Waals surface area contributed by atoms with Crippen molar-refractivity contribution in [2.45, 2.75) is 65.3 Å². The molecule has 0 unspecified atom stereocenters. The molecule has 0 amide bonds. The van der Waals surface area contributed by atoms with Gasteiger partial charge in [-0.3, -0.25) is 0 Å². The predicted molar refractivity (Wildman–Crippen MR) is 87.8 cm³/mol. The van der Waals surface area contributed by atoms with Crippen LogP contribution in [0.2, 0.25) is 0 Å². The lowest BCUT2D eigenvalue weighted by Crippen LogP contribution is -2.17. The smallest absolute Gasteiger partial charge is 0.213 e. The maximum atomic E-state index is 6.02. The van der Waals surface area contributed by atoms with Crippen LogP contribution in [-0.4, -0.2) is 18.1 Å². The second-order valence-corrected chi connectivity index (χ2v) is 6.49. The molecule has 1 aromatic rings. The van der Waals surface area contributed by atoms with E-state index < -0.39 is 0 Å². The molecule has 0 bridgehead atoms. The summed E-state index contributed by atoms with van der Waals surface area (Å²) in [6.45, 7) is 9.20. The number of aromatic nitrogens is 1. The third-order valence-corrected chi connectivity index (χ3v) is 4.24. The number of nitrogens with one attached hydrogen (secondary N) is 1. The van der Waals surface area contributed by atoms with Crippen LogP contribution in [0.25, 0.3) is 0 Å². The van der Waals surface area contributed by atoms with Crippen molar-refractivity contribution in [3.8, 4) is 5.88 Å². The number of rotatable bonds is 7. The second-order valence-electron chi connectivity index (χ2n) is 6.49. The minimum atomic E-state index is 0.434. The zero-order valence-electron chi connectivity index (χ0n) is 13.8. The van der Waals surface area contributed by atoms with E-state index in [0.717, 1.165) is 37.2 Å². The lowest BCUT2D eigenvalue weighted by atomic mass is 9.90. The summed E-state index contributed by atoms with van der Waals surface area (Å²) in [5, 5.41) is 3.38. The molecule has 0 saturated heterocycles. The molecule has 1 N–H and O–H groups in total. The topological polar surface area (TPSA) is 34.1 Å². The van der Waals surface area contributed by atoms with Gasteiger partial charge in [0, 0.05) is 18.3 Å². The highest BCUT2D eigenvalue weighted by atomic mass is 16.5. The third kappa shape index (κ3) is 5.31. The van der Waals surface area contributed by atoms with Gasteiger partial charge >= 0.3 is 0 Å². The summed E-state index contributed by atoms with van der Waals surface area (Å²) in [6, 6.07) is 4.29. The van der Waals surface area contributed by atoms with Crippen LogP contribution in [0.3, 0.4) is 0 Å². The van der Waals surface area contributed by atoms with E-state index in [2.05, 4.69) is 43.2 Å². The van der Waals surface area contributed by atoms with Gasteiger partial charge < -0.3 is 10.1 Å². The lowest BCUT2D eigenvalue weighted by Gasteiger charge is -2.21. The summed E-state index contributed by atoms with van der Waals surface area (Å²) in [5.74, 6) is 1.96. The summed E-state index contributed by atoms with van der Waals surface area (Å²) in [7, 11) is 0. The van der Waals surface area contributed by atoms with Crippen molar-refractivity contribution in [3.05, 3.63) is 23.4 Å². The molecule has 0 aliphatic heterocycles. The van der Waals surface area contributed by atoms with E-state index in [1.54, 1.807) is 0 Å². The molecule has 0 atom stereocenters. The van der Waals surface area contributed by atoms with Crippen molar-refractivity contribution in [2.75, 3.05) is 13.2 Å². The number of pyridine rings is 1. The molecular formula is C18H30N2O. The van der Waals surface area contributed by atoms with Gasteiger partial charge in [0.25, 0.3) is 0 Å². The molecule has 1 aliphatic carbocycles. The van der Waals surface area contributed by atoms with Crippen molar-refractivity contribution in [2.24, 2.45) is 5.92 Å². The van der Waals surface area contributed by atoms with E-state index in [0.29, 0.717) is 5.92 Å². The SMILES string of the molecule is CCNCc1cc(OCC2CCCCC2)nc(C(C)C)c1. The first kappa shape index (κ1) is 16.3. The van der Waals surface area contributed by atoms with Gasteiger partial charge in [-0.25, -0.2) is 4.98 Å². The van der Waals surface area contributed by atoms with Gasteiger partial charge in [0.2, 0.25) is 5.88 Å². The van der Waals surface area contributed by atoms with Gasteiger partial charge in [-0.1, -0.05) is 40.0 Å². The van der Waals surface area contributed by atoms with Gasteiger partial charge in [0.05, 0.1) is 6.61 Å². The van der Waals surface area contributed by atoms with Crippen LogP contribution in [0.15, 0.2) is 12.1 Å². The Morgan fingerprint density at radius 2 is 2.00 bits per heavy atom. The molecule has 21 heavy (non-hydrogen) atoms. The van der Waals surface area contributed by atoms with E-state index >= 15 is 0 Å². The highest BCUT2D eigenvalue weighted by Crippen LogP contribution is 2.25. The first-order valence-electron chi connectivity index (χ1n) is 8.53. The summed E-state index contributed by atoms with van der Waals surface area (Å²) in [4.78, 5) is 4.68. The Morgan fingerprint density at radius 1 is 1.24 bits per heavy atom. The van der Waals surface area contributed by atoms with Gasteiger partial charge in [-0.15, -0.1) is 0 Å². The molecular weight excluding hydrogens is 260 g/mol. The fraction of sp³-hybridized carbons (Fsp3) is 0.722. The van der Waals surface area contributed by atoms with E-state index in [1.807, 2.05) is 0 Å². The van der Waals surface area contributed by atoms with Crippen LogP contribution in [0.4, 0.5) is 0 Å². The molecule has 3 heteroatoms. The average molecular weight is 290 g/mol. The van der Waals surface area contributed by atoms with Gasteiger partial charge in [0.15, 0.2) is 0 Å². The highest BCUT2D eigenvalue weighted by molar-refractivity contribution is 5.26. The Morgan fingerprint density at radius 3 is 2.67 bits per heavy atom. The maximum absolute atomic E-state index is 6.02. The van der Waals surface area contributed by atoms with Crippen molar-refractivity contribution in [1.29, 1.82) is 0 Å². The van der Waals surface area contributed by atoms with E-state index in [1.165, 1.54) is 37.7 Å². The number of ether oxygens (including phenoxy) is 1. The normalized spacial score (nSPS) is 16.4. The standard InChI is InChI=1S/C18H30N2O/c1-4-19-12-16-10-17(14(2)3)20-18(11-16)21-13-15-8-6-5-7-9-15/h10-11,14-15,19H,4-9,12-13H2,1-3H3. The molecule has 2 rings (SSSR count). The summed E-state index contributed by atoms with van der Waals surface area (Å²) < 4.78 is 6.02. The van der Waals surface area contributed by atoms with Crippen molar-refractivity contribution < 1.29 is 4.74 Å². The molecule has 1 aromatic heterocycles. The van der Waals surface area contributed by atoms with Crippen LogP contribution < -0.4 is 10.1 Å². The van der Waals surface area contributed by atoms with Crippen LogP contribution in [0, 0.1) is 5.92 Å². The molecule has 1 aliphatic rings. The molecule has 0 spiro atoms. The summed E-state index contributed by atoms with van der Waals surface area (Å²) in [6.07, 6.45) is 6.74. The van der Waals surface area contributed by atoms with Gasteiger partial charge in [-0.2, -0.15) is 0 Å². The van der Waals surface area contributed by atoms with Crippen LogP contribution in [0.5, 0.6) is 5.88 Å². The Labute approximate surface area is 129 Å². The Bertz CT molecular complexity index is 425. The average Bonchev–Trinajstić information content (AvgIpc) is 2.51. The number of hydrogen-bond acceptors (Lipinski definition) is 3. The Hall–Kier alpha value is -1.09.